The van der Waals surface area contributed by atoms with E-state index in [1.54, 1.807) is 37.5 Å². The van der Waals surface area contributed by atoms with Gasteiger partial charge in [-0.05, 0) is 42.5 Å². The molecule has 118 valence electrons. The van der Waals surface area contributed by atoms with Crippen LogP contribution in [-0.2, 0) is 4.79 Å². The van der Waals surface area contributed by atoms with Gasteiger partial charge in [0, 0.05) is 16.8 Å². The Hall–Kier alpha value is -2.40. The maximum atomic E-state index is 12.2. The lowest BCUT2D eigenvalue weighted by atomic mass is 10.1. The largest absolute Gasteiger partial charge is 0.496 e. The third-order valence-electron chi connectivity index (χ3n) is 3.13. The molecule has 1 N–H and O–H groups in total. The van der Waals surface area contributed by atoms with Gasteiger partial charge in [-0.25, -0.2) is 0 Å². The van der Waals surface area contributed by atoms with Crippen molar-refractivity contribution in [2.45, 2.75) is 0 Å². The van der Waals surface area contributed by atoms with Crippen LogP contribution in [-0.4, -0.2) is 24.1 Å². The van der Waals surface area contributed by atoms with Crippen LogP contribution in [0.25, 0.3) is 6.08 Å². The van der Waals surface area contributed by atoms with Gasteiger partial charge in [0.1, 0.15) is 5.75 Å². The van der Waals surface area contributed by atoms with Gasteiger partial charge in [-0.15, -0.1) is 0 Å². The number of hydrogen-bond acceptors (Lipinski definition) is 3. The van der Waals surface area contributed by atoms with E-state index in [9.17, 15) is 9.59 Å². The van der Waals surface area contributed by atoms with Crippen molar-refractivity contribution in [1.29, 1.82) is 0 Å². The van der Waals surface area contributed by atoms with Gasteiger partial charge >= 0.3 is 0 Å². The Kier molecular flexibility index (Phi) is 6.11. The highest BCUT2D eigenvalue weighted by atomic mass is 79.9. The van der Waals surface area contributed by atoms with Crippen molar-refractivity contribution in [2.75, 3.05) is 17.8 Å². The van der Waals surface area contributed by atoms with E-state index in [4.69, 9.17) is 4.74 Å². The quantitative estimate of drug-likeness (QED) is 0.474. The number of hydrogen-bond donors (Lipinski definition) is 1. The average molecular weight is 374 g/mol. The summed E-state index contributed by atoms with van der Waals surface area (Å²) in [6.45, 7) is 0. The lowest BCUT2D eigenvalue weighted by Gasteiger charge is -2.04. The van der Waals surface area contributed by atoms with Crippen LogP contribution in [0.1, 0.15) is 15.9 Å². The number of halogens is 1. The Balaban J connectivity index is 2.08. The van der Waals surface area contributed by atoms with Gasteiger partial charge in [0.2, 0.25) is 5.91 Å². The monoisotopic (exact) mass is 373 g/mol. The Morgan fingerprint density at radius 2 is 1.83 bits per heavy atom. The number of anilines is 1. The first kappa shape index (κ1) is 17.0. The predicted octanol–water partition coefficient (Wildman–Crippen LogP) is 3.92. The molecule has 0 unspecified atom stereocenters. The van der Waals surface area contributed by atoms with E-state index in [0.29, 0.717) is 17.0 Å². The molecule has 0 spiro atoms. The van der Waals surface area contributed by atoms with E-state index in [2.05, 4.69) is 21.2 Å². The molecule has 2 aromatic rings. The zero-order valence-corrected chi connectivity index (χ0v) is 14.2. The molecule has 0 aliphatic carbocycles. The summed E-state index contributed by atoms with van der Waals surface area (Å²) in [5.41, 5.74) is 2.04. The van der Waals surface area contributed by atoms with Crippen molar-refractivity contribution in [1.82, 2.24) is 0 Å². The van der Waals surface area contributed by atoms with Crippen LogP contribution in [0.15, 0.2) is 54.6 Å². The topological polar surface area (TPSA) is 55.4 Å². The molecule has 0 saturated heterocycles. The fourth-order valence-electron chi connectivity index (χ4n) is 1.98. The first-order valence-electron chi connectivity index (χ1n) is 6.95. The second kappa shape index (κ2) is 8.29. The smallest absolute Gasteiger partial charge is 0.235 e. The summed E-state index contributed by atoms with van der Waals surface area (Å²) in [5.74, 6) is 0.457. The number of carbonyl (C=O) groups excluding carboxylic acids is 2. The average Bonchev–Trinajstić information content (AvgIpc) is 2.60. The number of rotatable bonds is 6. The standard InChI is InChI=1S/C18H16BrNO3/c1-23-17-5-3-2-4-14(17)8-11-16(21)13-6-9-15(10-7-13)20-18(22)12-19/h2-11H,12H2,1H3,(H,20,22)/b11-8+. The molecule has 4 nitrogen and oxygen atoms in total. The van der Waals surface area contributed by atoms with E-state index in [1.807, 2.05) is 24.3 Å². The van der Waals surface area contributed by atoms with Crippen LogP contribution >= 0.6 is 15.9 Å². The van der Waals surface area contributed by atoms with Crippen LogP contribution in [0.4, 0.5) is 5.69 Å². The molecule has 5 heteroatoms. The SMILES string of the molecule is COc1ccccc1/C=C/C(=O)c1ccc(NC(=O)CBr)cc1. The lowest BCUT2D eigenvalue weighted by Crippen LogP contribution is -2.12. The fourth-order valence-corrected chi connectivity index (χ4v) is 2.12. The summed E-state index contributed by atoms with van der Waals surface area (Å²) in [5, 5.41) is 2.93. The molecule has 0 aromatic heterocycles. The number of methoxy groups -OCH3 is 1. The second-order valence-corrected chi connectivity index (χ2v) is 5.26. The predicted molar refractivity (Wildman–Crippen MR) is 95.2 cm³/mol. The van der Waals surface area contributed by atoms with Crippen LogP contribution in [0, 0.1) is 0 Å². The van der Waals surface area contributed by atoms with E-state index >= 15 is 0 Å². The Morgan fingerprint density at radius 3 is 2.48 bits per heavy atom. The molecular weight excluding hydrogens is 358 g/mol. The number of amides is 1. The van der Waals surface area contributed by atoms with Crippen molar-refractivity contribution >= 4 is 39.4 Å². The lowest BCUT2D eigenvalue weighted by molar-refractivity contribution is -0.113. The van der Waals surface area contributed by atoms with Crippen molar-refractivity contribution in [3.05, 3.63) is 65.7 Å². The number of ketones is 1. The molecule has 0 fully saturated rings. The summed E-state index contributed by atoms with van der Waals surface area (Å²) in [6, 6.07) is 14.2. The van der Waals surface area contributed by atoms with Crippen LogP contribution < -0.4 is 10.1 Å². The number of carbonyl (C=O) groups is 2. The Bertz CT molecular complexity index is 723. The van der Waals surface area contributed by atoms with E-state index in [0.717, 1.165) is 5.56 Å². The number of benzene rings is 2. The third-order valence-corrected chi connectivity index (χ3v) is 3.64. The second-order valence-electron chi connectivity index (χ2n) is 4.70. The van der Waals surface area contributed by atoms with Gasteiger partial charge in [0.25, 0.3) is 0 Å². The van der Waals surface area contributed by atoms with E-state index < -0.39 is 0 Å². The summed E-state index contributed by atoms with van der Waals surface area (Å²) in [6.07, 6.45) is 3.23. The number of alkyl halides is 1. The number of allylic oxidation sites excluding steroid dienone is 1. The highest BCUT2D eigenvalue weighted by Gasteiger charge is 2.04. The molecule has 0 bridgehead atoms. The number of para-hydroxylation sites is 1. The first-order chi connectivity index (χ1) is 11.1. The molecule has 0 aliphatic rings. The Labute approximate surface area is 143 Å². The molecule has 0 radical (unpaired) electrons. The van der Waals surface area contributed by atoms with Crippen LogP contribution in [0.3, 0.4) is 0 Å². The number of nitrogens with one attached hydrogen (secondary N) is 1. The minimum Gasteiger partial charge on any atom is -0.496 e. The minimum atomic E-state index is -0.139. The third kappa shape index (κ3) is 4.79. The van der Waals surface area contributed by atoms with Gasteiger partial charge in [-0.1, -0.05) is 34.1 Å². The summed E-state index contributed by atoms with van der Waals surface area (Å²) in [4.78, 5) is 23.5. The Morgan fingerprint density at radius 1 is 1.13 bits per heavy atom. The van der Waals surface area contributed by atoms with Crippen molar-refractivity contribution < 1.29 is 14.3 Å². The first-order valence-corrected chi connectivity index (χ1v) is 8.07. The van der Waals surface area contributed by atoms with Gasteiger partial charge in [-0.3, -0.25) is 9.59 Å². The van der Waals surface area contributed by atoms with Crippen molar-refractivity contribution in [3.63, 3.8) is 0 Å². The molecule has 2 rings (SSSR count). The van der Waals surface area contributed by atoms with Crippen LogP contribution in [0.5, 0.6) is 5.75 Å². The molecule has 0 atom stereocenters. The highest BCUT2D eigenvalue weighted by molar-refractivity contribution is 9.09. The fraction of sp³-hybridized carbons (Fsp3) is 0.111. The normalized spacial score (nSPS) is 10.5. The van der Waals surface area contributed by atoms with Crippen molar-refractivity contribution in [2.24, 2.45) is 0 Å². The molecule has 0 saturated carbocycles. The molecule has 0 heterocycles. The summed E-state index contributed by atoms with van der Waals surface area (Å²) in [7, 11) is 1.59. The maximum absolute atomic E-state index is 12.2. The summed E-state index contributed by atoms with van der Waals surface area (Å²) >= 11 is 3.08. The zero-order chi connectivity index (χ0) is 16.7. The number of ether oxygens (including phenoxy) is 1. The molecule has 23 heavy (non-hydrogen) atoms. The molecular formula is C18H16BrNO3. The molecule has 1 amide bonds. The van der Waals surface area contributed by atoms with Gasteiger partial charge in [0.15, 0.2) is 5.78 Å². The highest BCUT2D eigenvalue weighted by Crippen LogP contribution is 2.19. The van der Waals surface area contributed by atoms with Gasteiger partial charge in [0.05, 0.1) is 12.4 Å². The van der Waals surface area contributed by atoms with E-state index in [1.165, 1.54) is 6.08 Å². The molecule has 0 aliphatic heterocycles. The minimum absolute atomic E-state index is 0.116. The van der Waals surface area contributed by atoms with Crippen LogP contribution in [0.2, 0.25) is 0 Å². The zero-order valence-electron chi connectivity index (χ0n) is 12.6. The van der Waals surface area contributed by atoms with E-state index in [-0.39, 0.29) is 17.0 Å². The molecule has 2 aromatic carbocycles. The maximum Gasteiger partial charge on any atom is 0.235 e. The summed E-state index contributed by atoms with van der Waals surface area (Å²) < 4.78 is 5.24. The van der Waals surface area contributed by atoms with Crippen molar-refractivity contribution in [3.8, 4) is 5.75 Å². The van der Waals surface area contributed by atoms with Gasteiger partial charge < -0.3 is 10.1 Å². The van der Waals surface area contributed by atoms with Gasteiger partial charge in [-0.2, -0.15) is 0 Å².